The van der Waals surface area contributed by atoms with E-state index < -0.39 is 0 Å². The molecule has 1 aliphatic rings. The first kappa shape index (κ1) is 13.5. The molecule has 0 amide bonds. The molecule has 0 bridgehead atoms. The molecule has 18 heavy (non-hydrogen) atoms. The highest BCUT2D eigenvalue weighted by atomic mass is 16.5. The van der Waals surface area contributed by atoms with Gasteiger partial charge in [-0.15, -0.1) is 0 Å². The summed E-state index contributed by atoms with van der Waals surface area (Å²) in [4.78, 5) is 2.47. The molecule has 1 heterocycles. The van der Waals surface area contributed by atoms with E-state index in [9.17, 15) is 0 Å². The molecule has 2 rings (SSSR count). The molecule has 1 aromatic carbocycles. The van der Waals surface area contributed by atoms with Crippen molar-refractivity contribution in [2.75, 3.05) is 26.3 Å². The average Bonchev–Trinajstić information content (AvgIpc) is 2.34. The van der Waals surface area contributed by atoms with Crippen LogP contribution in [0, 0.1) is 13.8 Å². The lowest BCUT2D eigenvalue weighted by atomic mass is 9.97. The second kappa shape index (κ2) is 5.83. The number of morpholine rings is 1. The van der Waals surface area contributed by atoms with Crippen molar-refractivity contribution in [2.24, 2.45) is 5.73 Å². The number of benzene rings is 1. The Morgan fingerprint density at radius 3 is 2.83 bits per heavy atom. The zero-order valence-electron chi connectivity index (χ0n) is 11.6. The number of hydrogen-bond donors (Lipinski definition) is 1. The summed E-state index contributed by atoms with van der Waals surface area (Å²) >= 11 is 0. The normalized spacial score (nSPS) is 23.0. The van der Waals surface area contributed by atoms with Crippen molar-refractivity contribution in [3.63, 3.8) is 0 Å². The lowest BCUT2D eigenvalue weighted by molar-refractivity contribution is -0.0210. The fourth-order valence-corrected chi connectivity index (χ4v) is 2.84. The van der Waals surface area contributed by atoms with E-state index in [0.29, 0.717) is 18.6 Å². The maximum absolute atomic E-state index is 6.02. The maximum Gasteiger partial charge on any atom is 0.0620 e. The highest BCUT2D eigenvalue weighted by Gasteiger charge is 2.27. The van der Waals surface area contributed by atoms with Crippen LogP contribution in [0.2, 0.25) is 0 Å². The lowest BCUT2D eigenvalue weighted by Crippen LogP contribution is -2.47. The van der Waals surface area contributed by atoms with E-state index in [0.717, 1.165) is 19.8 Å². The molecule has 1 fully saturated rings. The Kier molecular flexibility index (Phi) is 4.38. The monoisotopic (exact) mass is 248 g/mol. The maximum atomic E-state index is 6.02. The van der Waals surface area contributed by atoms with Crippen LogP contribution < -0.4 is 5.73 Å². The van der Waals surface area contributed by atoms with Crippen LogP contribution in [0.25, 0.3) is 0 Å². The molecule has 0 radical (unpaired) electrons. The number of nitrogens with two attached hydrogens (primary N) is 1. The van der Waals surface area contributed by atoms with Gasteiger partial charge in [0, 0.05) is 25.2 Å². The fourth-order valence-electron chi connectivity index (χ4n) is 2.84. The zero-order chi connectivity index (χ0) is 13.1. The standard InChI is InChI=1S/C15H24N2O/c1-11-4-5-14(12(2)8-11)15(9-16)17-6-7-18-10-13(17)3/h4-5,8,13,15H,6-7,9-10,16H2,1-3H3. The summed E-state index contributed by atoms with van der Waals surface area (Å²) in [5.41, 5.74) is 10.0. The Labute approximate surface area is 110 Å². The third-order valence-corrected chi connectivity index (χ3v) is 3.83. The van der Waals surface area contributed by atoms with Crippen LogP contribution in [0.15, 0.2) is 18.2 Å². The van der Waals surface area contributed by atoms with E-state index in [2.05, 4.69) is 43.9 Å². The fraction of sp³-hybridized carbons (Fsp3) is 0.600. The SMILES string of the molecule is Cc1ccc(C(CN)N2CCOCC2C)c(C)c1. The van der Waals surface area contributed by atoms with Crippen molar-refractivity contribution in [3.05, 3.63) is 34.9 Å². The van der Waals surface area contributed by atoms with Crippen LogP contribution in [-0.4, -0.2) is 37.2 Å². The topological polar surface area (TPSA) is 38.5 Å². The van der Waals surface area contributed by atoms with E-state index in [-0.39, 0.29) is 0 Å². The van der Waals surface area contributed by atoms with Crippen molar-refractivity contribution in [1.82, 2.24) is 4.90 Å². The van der Waals surface area contributed by atoms with E-state index in [1.54, 1.807) is 0 Å². The summed E-state index contributed by atoms with van der Waals surface area (Å²) in [5.74, 6) is 0. The van der Waals surface area contributed by atoms with Gasteiger partial charge >= 0.3 is 0 Å². The summed E-state index contributed by atoms with van der Waals surface area (Å²) < 4.78 is 5.51. The number of aryl methyl sites for hydroxylation is 2. The molecular weight excluding hydrogens is 224 g/mol. The van der Waals surface area contributed by atoms with Crippen LogP contribution in [0.5, 0.6) is 0 Å². The van der Waals surface area contributed by atoms with Crippen molar-refractivity contribution >= 4 is 0 Å². The zero-order valence-corrected chi connectivity index (χ0v) is 11.6. The molecule has 2 unspecified atom stereocenters. The summed E-state index contributed by atoms with van der Waals surface area (Å²) in [5, 5.41) is 0. The van der Waals surface area contributed by atoms with Gasteiger partial charge in [0.2, 0.25) is 0 Å². The van der Waals surface area contributed by atoms with Crippen LogP contribution in [0.3, 0.4) is 0 Å². The lowest BCUT2D eigenvalue weighted by Gasteiger charge is -2.39. The third-order valence-electron chi connectivity index (χ3n) is 3.83. The smallest absolute Gasteiger partial charge is 0.0620 e. The molecule has 1 saturated heterocycles. The highest BCUT2D eigenvalue weighted by Crippen LogP contribution is 2.26. The van der Waals surface area contributed by atoms with Crippen molar-refractivity contribution < 1.29 is 4.74 Å². The second-order valence-electron chi connectivity index (χ2n) is 5.27. The highest BCUT2D eigenvalue weighted by molar-refractivity contribution is 5.33. The molecule has 0 aromatic heterocycles. The van der Waals surface area contributed by atoms with Gasteiger partial charge in [-0.2, -0.15) is 0 Å². The van der Waals surface area contributed by atoms with Gasteiger partial charge in [-0.3, -0.25) is 4.90 Å². The summed E-state index contributed by atoms with van der Waals surface area (Å²) in [6, 6.07) is 7.39. The van der Waals surface area contributed by atoms with Gasteiger partial charge in [0.05, 0.1) is 13.2 Å². The van der Waals surface area contributed by atoms with Crippen molar-refractivity contribution in [3.8, 4) is 0 Å². The molecule has 1 aliphatic heterocycles. The third kappa shape index (κ3) is 2.74. The van der Waals surface area contributed by atoms with Gasteiger partial charge in [-0.1, -0.05) is 23.8 Å². The number of rotatable bonds is 3. The summed E-state index contributed by atoms with van der Waals surface area (Å²) in [7, 11) is 0. The number of nitrogens with zero attached hydrogens (tertiary/aromatic N) is 1. The van der Waals surface area contributed by atoms with Crippen LogP contribution >= 0.6 is 0 Å². The van der Waals surface area contributed by atoms with Crippen LogP contribution in [-0.2, 0) is 4.74 Å². The Morgan fingerprint density at radius 1 is 1.44 bits per heavy atom. The summed E-state index contributed by atoms with van der Waals surface area (Å²) in [6.45, 7) is 9.77. The second-order valence-corrected chi connectivity index (χ2v) is 5.27. The Hall–Kier alpha value is -0.900. The largest absolute Gasteiger partial charge is 0.379 e. The summed E-state index contributed by atoms with van der Waals surface area (Å²) in [6.07, 6.45) is 0. The van der Waals surface area contributed by atoms with Gasteiger partial charge in [-0.25, -0.2) is 0 Å². The number of hydrogen-bond acceptors (Lipinski definition) is 3. The molecule has 3 nitrogen and oxygen atoms in total. The Balaban J connectivity index is 2.26. The molecule has 2 N–H and O–H groups in total. The first-order chi connectivity index (χ1) is 8.63. The van der Waals surface area contributed by atoms with E-state index in [1.165, 1.54) is 16.7 Å². The van der Waals surface area contributed by atoms with Gasteiger partial charge < -0.3 is 10.5 Å². The molecule has 100 valence electrons. The van der Waals surface area contributed by atoms with E-state index in [1.807, 2.05) is 0 Å². The van der Waals surface area contributed by atoms with Gasteiger partial charge in [0.15, 0.2) is 0 Å². The minimum atomic E-state index is 0.310. The molecule has 1 aromatic rings. The van der Waals surface area contributed by atoms with Crippen LogP contribution in [0.1, 0.15) is 29.7 Å². The Morgan fingerprint density at radius 2 is 2.22 bits per heavy atom. The van der Waals surface area contributed by atoms with E-state index in [4.69, 9.17) is 10.5 Å². The van der Waals surface area contributed by atoms with Gasteiger partial charge in [-0.05, 0) is 31.9 Å². The minimum Gasteiger partial charge on any atom is -0.379 e. The molecule has 0 saturated carbocycles. The molecule has 0 aliphatic carbocycles. The predicted octanol–water partition coefficient (Wildman–Crippen LogP) is 2.02. The van der Waals surface area contributed by atoms with E-state index >= 15 is 0 Å². The Bertz CT molecular complexity index is 405. The first-order valence-electron chi connectivity index (χ1n) is 6.74. The molecule has 3 heteroatoms. The van der Waals surface area contributed by atoms with Gasteiger partial charge in [0.1, 0.15) is 0 Å². The van der Waals surface area contributed by atoms with Crippen LogP contribution in [0.4, 0.5) is 0 Å². The predicted molar refractivity (Wildman–Crippen MR) is 74.7 cm³/mol. The quantitative estimate of drug-likeness (QED) is 0.889. The first-order valence-corrected chi connectivity index (χ1v) is 6.74. The average molecular weight is 248 g/mol. The van der Waals surface area contributed by atoms with Gasteiger partial charge in [0.25, 0.3) is 0 Å². The minimum absolute atomic E-state index is 0.310. The van der Waals surface area contributed by atoms with Crippen molar-refractivity contribution in [1.29, 1.82) is 0 Å². The number of ether oxygens (including phenoxy) is 1. The van der Waals surface area contributed by atoms with Crippen molar-refractivity contribution in [2.45, 2.75) is 32.9 Å². The molecular formula is C15H24N2O. The molecule has 2 atom stereocenters. The molecule has 0 spiro atoms.